The van der Waals surface area contributed by atoms with E-state index in [9.17, 15) is 4.79 Å². The number of hydrogen-bond acceptors (Lipinski definition) is 3. The van der Waals surface area contributed by atoms with Crippen LogP contribution in [0.4, 0.5) is 0 Å². The molecule has 4 heteroatoms. The second-order valence-corrected chi connectivity index (χ2v) is 1.10. The van der Waals surface area contributed by atoms with Crippen molar-refractivity contribution in [3.63, 3.8) is 0 Å². The molecule has 1 N–H and O–H groups in total. The van der Waals surface area contributed by atoms with Crippen LogP contribution in [0.5, 0.6) is 0 Å². The van der Waals surface area contributed by atoms with Gasteiger partial charge in [0.15, 0.2) is 0 Å². The minimum absolute atomic E-state index is 0. The molecule has 0 aromatic heterocycles. The van der Waals surface area contributed by atoms with Crippen LogP contribution < -0.4 is 0 Å². The van der Waals surface area contributed by atoms with Gasteiger partial charge in [0, 0.05) is 25.6 Å². The molecule has 0 aromatic carbocycles. The Kier molecular flexibility index (Phi) is 10.0. The van der Waals surface area contributed by atoms with Gasteiger partial charge in [-0.2, -0.15) is 0 Å². The molecule has 0 atom stereocenters. The van der Waals surface area contributed by atoms with E-state index in [-0.39, 0.29) is 32.7 Å². The number of carbonyl (C=O) groups is 1. The Bertz CT molecular complexity index is 92.2. The first kappa shape index (κ1) is 11.6. The number of aliphatic hydroxyl groups excluding tert-OH is 1. The molecule has 0 aliphatic rings. The zero-order valence-corrected chi connectivity index (χ0v) is 8.14. The van der Waals surface area contributed by atoms with E-state index in [1.165, 1.54) is 0 Å². The van der Waals surface area contributed by atoms with Gasteiger partial charge in [-0.05, 0) is 0 Å². The summed E-state index contributed by atoms with van der Waals surface area (Å²) < 4.78 is 4.33. The molecule has 0 aliphatic carbocycles. The maximum atomic E-state index is 10.1. The van der Waals surface area contributed by atoms with Crippen molar-refractivity contribution in [2.45, 2.75) is 0 Å². The Labute approximate surface area is 66.5 Å². The first-order valence-electron chi connectivity index (χ1n) is 2.21. The van der Waals surface area contributed by atoms with Crippen molar-refractivity contribution in [2.24, 2.45) is 0 Å². The summed E-state index contributed by atoms with van der Waals surface area (Å²) in [5.74, 6) is -0.501. The fourth-order valence-electron chi connectivity index (χ4n) is 0.205. The van der Waals surface area contributed by atoms with Gasteiger partial charge in [0.25, 0.3) is 0 Å². The van der Waals surface area contributed by atoms with Gasteiger partial charge >= 0.3 is 5.97 Å². The van der Waals surface area contributed by atoms with E-state index < -0.39 is 5.97 Å². The van der Waals surface area contributed by atoms with Gasteiger partial charge in [0.1, 0.15) is 6.61 Å². The minimum Gasteiger partial charge on any atom is -0.460 e. The smallest absolute Gasteiger partial charge is 0.330 e. The van der Waals surface area contributed by atoms with Gasteiger partial charge in [-0.15, -0.1) is 0 Å². The zero-order chi connectivity index (χ0) is 6.41. The summed E-state index contributed by atoms with van der Waals surface area (Å²) in [4.78, 5) is 10.1. The Morgan fingerprint density at radius 3 is 2.67 bits per heavy atom. The molecule has 0 radical (unpaired) electrons. The van der Waals surface area contributed by atoms with Gasteiger partial charge in [-0.3, -0.25) is 0 Å². The summed E-state index contributed by atoms with van der Waals surface area (Å²) in [7, 11) is 0. The van der Waals surface area contributed by atoms with Gasteiger partial charge in [0.2, 0.25) is 0 Å². The van der Waals surface area contributed by atoms with Crippen molar-refractivity contribution in [2.75, 3.05) is 13.2 Å². The molecule has 9 heavy (non-hydrogen) atoms. The summed E-state index contributed by atoms with van der Waals surface area (Å²) in [6.45, 7) is 3.06. The van der Waals surface area contributed by atoms with E-state index in [0.717, 1.165) is 6.08 Å². The van der Waals surface area contributed by atoms with E-state index >= 15 is 0 Å². The largest absolute Gasteiger partial charge is 0.460 e. The normalized spacial score (nSPS) is 7.22. The fourth-order valence-corrected chi connectivity index (χ4v) is 0.205. The molecule has 0 aromatic rings. The molecular weight excluding hydrogens is 173 g/mol. The molecule has 0 fully saturated rings. The van der Waals surface area contributed by atoms with Crippen LogP contribution in [0, 0.1) is 0 Å². The second kappa shape index (κ2) is 7.79. The SMILES string of the molecule is C=CC(=O)OCCO.[Zn]. The number of hydrogen-bond donors (Lipinski definition) is 1. The van der Waals surface area contributed by atoms with Crippen LogP contribution in [-0.2, 0) is 29.0 Å². The van der Waals surface area contributed by atoms with E-state index in [1.807, 2.05) is 0 Å². The van der Waals surface area contributed by atoms with Crippen LogP contribution in [0.15, 0.2) is 12.7 Å². The van der Waals surface area contributed by atoms with Gasteiger partial charge < -0.3 is 9.84 Å². The molecular formula is C5H8O3Zn. The predicted molar refractivity (Wildman–Crippen MR) is 28.2 cm³/mol. The molecule has 0 saturated heterocycles. The van der Waals surface area contributed by atoms with Gasteiger partial charge in [-0.25, -0.2) is 4.79 Å². The standard InChI is InChI=1S/C5H8O3.Zn/c1-2-5(7)8-4-3-6;/h2,6H,1,3-4H2;. The summed E-state index contributed by atoms with van der Waals surface area (Å²) in [6.07, 6.45) is 1.05. The van der Waals surface area contributed by atoms with Crippen molar-refractivity contribution in [3.05, 3.63) is 12.7 Å². The third-order valence-electron chi connectivity index (χ3n) is 0.502. The second-order valence-electron chi connectivity index (χ2n) is 1.10. The summed E-state index contributed by atoms with van der Waals surface area (Å²) in [5, 5.41) is 8.10. The van der Waals surface area contributed by atoms with E-state index in [0.29, 0.717) is 0 Å². The van der Waals surface area contributed by atoms with Crippen molar-refractivity contribution in [3.8, 4) is 0 Å². The predicted octanol–water partition coefficient (Wildman–Crippen LogP) is -0.295. The number of rotatable bonds is 3. The van der Waals surface area contributed by atoms with Crippen LogP contribution in [0.1, 0.15) is 0 Å². The molecule has 48 valence electrons. The number of carbonyl (C=O) groups excluding carboxylic acids is 1. The average Bonchev–Trinajstić information content (AvgIpc) is 1.83. The van der Waals surface area contributed by atoms with Crippen LogP contribution >= 0.6 is 0 Å². The maximum absolute atomic E-state index is 10.1. The number of ether oxygens (including phenoxy) is 1. The quantitative estimate of drug-likeness (QED) is 0.370. The Morgan fingerprint density at radius 1 is 1.78 bits per heavy atom. The zero-order valence-electron chi connectivity index (χ0n) is 5.17. The Hall–Kier alpha value is -0.207. The van der Waals surface area contributed by atoms with Crippen molar-refractivity contribution >= 4 is 5.97 Å². The van der Waals surface area contributed by atoms with Crippen molar-refractivity contribution in [1.29, 1.82) is 0 Å². The molecule has 0 bridgehead atoms. The summed E-state index contributed by atoms with van der Waals surface area (Å²) in [5.41, 5.74) is 0. The minimum atomic E-state index is -0.501. The molecule has 0 unspecified atom stereocenters. The van der Waals surface area contributed by atoms with Crippen molar-refractivity contribution in [1.82, 2.24) is 0 Å². The van der Waals surface area contributed by atoms with E-state index in [4.69, 9.17) is 5.11 Å². The summed E-state index contributed by atoms with van der Waals surface area (Å²) >= 11 is 0. The monoisotopic (exact) mass is 180 g/mol. The average molecular weight is 182 g/mol. The number of esters is 1. The molecule has 0 spiro atoms. The van der Waals surface area contributed by atoms with Crippen LogP contribution in [0.3, 0.4) is 0 Å². The third-order valence-corrected chi connectivity index (χ3v) is 0.502. The van der Waals surface area contributed by atoms with Gasteiger partial charge in [0.05, 0.1) is 6.61 Å². The number of aliphatic hydroxyl groups is 1. The molecule has 0 rings (SSSR count). The topological polar surface area (TPSA) is 46.5 Å². The van der Waals surface area contributed by atoms with Crippen LogP contribution in [0.25, 0.3) is 0 Å². The first-order valence-corrected chi connectivity index (χ1v) is 2.21. The van der Waals surface area contributed by atoms with Gasteiger partial charge in [-0.1, -0.05) is 6.58 Å². The first-order chi connectivity index (χ1) is 3.81. The maximum Gasteiger partial charge on any atom is 0.330 e. The van der Waals surface area contributed by atoms with Crippen LogP contribution in [-0.4, -0.2) is 24.3 Å². The molecule has 3 nitrogen and oxygen atoms in total. The Morgan fingerprint density at radius 2 is 2.33 bits per heavy atom. The van der Waals surface area contributed by atoms with Crippen molar-refractivity contribution < 1.29 is 34.1 Å². The molecule has 0 heterocycles. The third kappa shape index (κ3) is 7.79. The Balaban J connectivity index is 0. The van der Waals surface area contributed by atoms with E-state index in [2.05, 4.69) is 11.3 Å². The van der Waals surface area contributed by atoms with E-state index in [1.54, 1.807) is 0 Å². The fraction of sp³-hybridized carbons (Fsp3) is 0.400. The molecule has 0 amide bonds. The molecule has 0 aliphatic heterocycles. The molecule has 0 saturated carbocycles. The summed E-state index contributed by atoms with van der Waals surface area (Å²) in [6, 6.07) is 0. The van der Waals surface area contributed by atoms with Crippen LogP contribution in [0.2, 0.25) is 0 Å².